The monoisotopic (exact) mass is 682 g/mol. The Morgan fingerprint density at radius 3 is 2.23 bits per heavy atom. The first kappa shape index (κ1) is 40.5. The minimum Gasteiger partial charge on any atom is -0.748 e. The molecule has 3 N–H and O–H groups in total. The van der Waals surface area contributed by atoms with Crippen LogP contribution in [0.15, 0.2) is 102 Å². The molecule has 4 aromatic rings. The molecule has 9 nitrogen and oxygen atoms in total. The van der Waals surface area contributed by atoms with Crippen molar-refractivity contribution in [1.29, 1.82) is 0 Å². The zero-order valence-corrected chi connectivity index (χ0v) is 31.3. The van der Waals surface area contributed by atoms with Crippen molar-refractivity contribution in [2.75, 3.05) is 18.9 Å². The van der Waals surface area contributed by atoms with Crippen molar-refractivity contribution < 1.29 is 61.3 Å². The minimum atomic E-state index is -4.39. The number of fused-ring (bicyclic) bond motifs is 1. The molecule has 0 radical (unpaired) electrons. The number of primary amides is 1. The standard InChI is InChI=1S/C23H30N2O6S.C14H14O.Na/c1-23(2,3)15-31-19-10-8-17(9-11-19)20(21(24)26)14-16-4-6-18(7-5-16)22(27)25-12-13-32(28,29)30;1-3-4-7-11(2)14-10-12-8-5-6-9-13(12)15-14;/h4-11,20H,12-15H2,1-3H3,(H2,24,26)(H,25,27)(H,28,29,30);3-10H,1-2H3;/q;;+1/p-1/b;4-3-,11-7+;. The molecule has 0 fully saturated rings. The number of para-hydroxylation sites is 1. The number of carbonyl (C=O) groups excluding carboxylic acids is 2. The van der Waals surface area contributed by atoms with Gasteiger partial charge in [0.05, 0.1) is 28.4 Å². The largest absolute Gasteiger partial charge is 1.00 e. The predicted octanol–water partition coefficient (Wildman–Crippen LogP) is 3.61. The average Bonchev–Trinajstić information content (AvgIpc) is 3.46. The first-order valence-electron chi connectivity index (χ1n) is 15.3. The van der Waals surface area contributed by atoms with E-state index in [1.807, 2.05) is 61.5 Å². The molecule has 3 aromatic carbocycles. The molecular weight excluding hydrogens is 639 g/mol. The molecule has 0 aliphatic carbocycles. The Kier molecular flexibility index (Phi) is 15.8. The van der Waals surface area contributed by atoms with Gasteiger partial charge in [0.15, 0.2) is 0 Å². The third kappa shape index (κ3) is 13.8. The molecule has 1 atom stereocenters. The van der Waals surface area contributed by atoms with Crippen LogP contribution in [0.2, 0.25) is 0 Å². The van der Waals surface area contributed by atoms with E-state index in [0.717, 1.165) is 33.4 Å². The molecule has 2 amide bonds. The molecule has 0 saturated carbocycles. The maximum Gasteiger partial charge on any atom is 1.00 e. The third-order valence-corrected chi connectivity index (χ3v) is 7.65. The summed E-state index contributed by atoms with van der Waals surface area (Å²) in [5, 5.41) is 3.53. The normalized spacial score (nSPS) is 12.5. The zero-order valence-electron chi connectivity index (χ0n) is 28.5. The Bertz CT molecular complexity index is 1770. The molecule has 0 spiro atoms. The number of allylic oxidation sites excluding steroid dienone is 4. The van der Waals surface area contributed by atoms with E-state index in [1.165, 1.54) is 0 Å². The molecule has 0 aliphatic rings. The van der Waals surface area contributed by atoms with Crippen molar-refractivity contribution in [3.05, 3.63) is 120 Å². The number of benzene rings is 3. The van der Waals surface area contributed by atoms with Crippen LogP contribution in [0.4, 0.5) is 0 Å². The van der Waals surface area contributed by atoms with Crippen LogP contribution in [-0.4, -0.2) is 43.7 Å². The van der Waals surface area contributed by atoms with Crippen LogP contribution in [0.25, 0.3) is 16.5 Å². The number of nitrogens with one attached hydrogen (secondary N) is 1. The van der Waals surface area contributed by atoms with Gasteiger partial charge in [0, 0.05) is 17.5 Å². The molecule has 11 heteroatoms. The number of hydrogen-bond acceptors (Lipinski definition) is 7. The molecule has 48 heavy (non-hydrogen) atoms. The molecule has 1 unspecified atom stereocenters. The Morgan fingerprint density at radius 1 is 1.02 bits per heavy atom. The summed E-state index contributed by atoms with van der Waals surface area (Å²) in [6, 6.07) is 23.9. The average molecular weight is 683 g/mol. The van der Waals surface area contributed by atoms with Gasteiger partial charge in [0.2, 0.25) is 5.91 Å². The number of hydrogen-bond donors (Lipinski definition) is 2. The van der Waals surface area contributed by atoms with Crippen LogP contribution in [0.5, 0.6) is 5.75 Å². The third-order valence-electron chi connectivity index (χ3n) is 6.94. The van der Waals surface area contributed by atoms with E-state index >= 15 is 0 Å². The number of carbonyl (C=O) groups is 2. The van der Waals surface area contributed by atoms with E-state index in [2.05, 4.69) is 51.2 Å². The van der Waals surface area contributed by atoms with E-state index in [-0.39, 0.29) is 41.5 Å². The van der Waals surface area contributed by atoms with Crippen molar-refractivity contribution >= 4 is 38.5 Å². The van der Waals surface area contributed by atoms with E-state index in [4.69, 9.17) is 14.9 Å². The number of ether oxygens (including phenoxy) is 1. The molecule has 0 bridgehead atoms. The topological polar surface area (TPSA) is 152 Å². The Labute approximate surface area is 305 Å². The van der Waals surface area contributed by atoms with Gasteiger partial charge in [-0.05, 0) is 78.8 Å². The van der Waals surface area contributed by atoms with E-state index < -0.39 is 33.6 Å². The summed E-state index contributed by atoms with van der Waals surface area (Å²) in [6.07, 6.45) is 6.43. The van der Waals surface area contributed by atoms with Crippen molar-refractivity contribution in [3.63, 3.8) is 0 Å². The maximum atomic E-state index is 12.1. The molecule has 1 aromatic heterocycles. The van der Waals surface area contributed by atoms with Gasteiger partial charge >= 0.3 is 29.6 Å². The van der Waals surface area contributed by atoms with Gasteiger partial charge in [-0.15, -0.1) is 0 Å². The van der Waals surface area contributed by atoms with Crippen LogP contribution >= 0.6 is 0 Å². The second-order valence-corrected chi connectivity index (χ2v) is 13.8. The van der Waals surface area contributed by atoms with Crippen LogP contribution in [-0.2, 0) is 21.3 Å². The fourth-order valence-electron chi connectivity index (χ4n) is 4.40. The maximum absolute atomic E-state index is 12.1. The Balaban J connectivity index is 0.000000416. The fraction of sp³-hybridized carbons (Fsp3) is 0.297. The summed E-state index contributed by atoms with van der Waals surface area (Å²) >= 11 is 0. The second-order valence-electron chi connectivity index (χ2n) is 12.3. The summed E-state index contributed by atoms with van der Waals surface area (Å²) in [4.78, 5) is 24.1. The zero-order chi connectivity index (χ0) is 34.6. The van der Waals surface area contributed by atoms with Gasteiger partial charge in [0.25, 0.3) is 5.91 Å². The smallest absolute Gasteiger partial charge is 0.748 e. The first-order chi connectivity index (χ1) is 22.1. The molecule has 0 aliphatic heterocycles. The summed E-state index contributed by atoms with van der Waals surface area (Å²) < 4.78 is 43.3. The number of rotatable bonds is 12. The van der Waals surface area contributed by atoms with Gasteiger partial charge in [-0.2, -0.15) is 0 Å². The van der Waals surface area contributed by atoms with Crippen LogP contribution in [0.3, 0.4) is 0 Å². The number of nitrogens with two attached hydrogens (primary N) is 1. The van der Waals surface area contributed by atoms with Crippen molar-refractivity contribution in [3.8, 4) is 5.75 Å². The summed E-state index contributed by atoms with van der Waals surface area (Å²) in [5.41, 5.74) is 9.63. The second kappa shape index (κ2) is 18.8. The molecular formula is C37H43N2NaO7S. The molecule has 1 heterocycles. The summed E-state index contributed by atoms with van der Waals surface area (Å²) in [7, 11) is -4.39. The number of amides is 2. The fourth-order valence-corrected chi connectivity index (χ4v) is 4.75. The molecule has 4 rings (SSSR count). The summed E-state index contributed by atoms with van der Waals surface area (Å²) in [6.45, 7) is 10.6. The quantitative estimate of drug-likeness (QED) is 0.132. The van der Waals surface area contributed by atoms with Gasteiger partial charge < -0.3 is 24.8 Å². The van der Waals surface area contributed by atoms with Crippen molar-refractivity contribution in [2.24, 2.45) is 11.1 Å². The van der Waals surface area contributed by atoms with Gasteiger partial charge in [-0.3, -0.25) is 9.59 Å². The SMILES string of the molecule is C/C=C\C=C(/C)c1cc2ccccc2o1.CC(C)(C)COc1ccc(C(Cc2ccc(C(=O)NCCS(=O)(=O)[O-])cc2)C(N)=O)cc1.[Na+]. The predicted molar refractivity (Wildman–Crippen MR) is 185 cm³/mol. The van der Waals surface area contributed by atoms with E-state index in [0.29, 0.717) is 24.3 Å². The van der Waals surface area contributed by atoms with Crippen LogP contribution < -0.4 is 45.3 Å². The van der Waals surface area contributed by atoms with Gasteiger partial charge in [0.1, 0.15) is 17.1 Å². The van der Waals surface area contributed by atoms with Gasteiger partial charge in [-0.1, -0.05) is 81.5 Å². The van der Waals surface area contributed by atoms with E-state index in [1.54, 1.807) is 24.3 Å². The Morgan fingerprint density at radius 2 is 1.67 bits per heavy atom. The van der Waals surface area contributed by atoms with Crippen molar-refractivity contribution in [1.82, 2.24) is 5.32 Å². The minimum absolute atomic E-state index is 0. The first-order valence-corrected chi connectivity index (χ1v) is 16.8. The van der Waals surface area contributed by atoms with Crippen LogP contribution in [0.1, 0.15) is 67.8 Å². The van der Waals surface area contributed by atoms with Gasteiger partial charge in [-0.25, -0.2) is 8.42 Å². The van der Waals surface area contributed by atoms with E-state index in [9.17, 15) is 22.6 Å². The van der Waals surface area contributed by atoms with Crippen LogP contribution in [0, 0.1) is 5.41 Å². The summed E-state index contributed by atoms with van der Waals surface area (Å²) in [5.74, 6) is -0.515. The van der Waals surface area contributed by atoms with Crippen molar-refractivity contribution in [2.45, 2.75) is 47.0 Å². The molecule has 0 saturated heterocycles. The molecule has 250 valence electrons. The number of furan rings is 1. The Hall–Kier alpha value is -3.67.